The molecule has 0 amide bonds. The minimum Gasteiger partial charge on any atom is -0.381 e. The van der Waals surface area contributed by atoms with E-state index in [2.05, 4.69) is 18.7 Å². The summed E-state index contributed by atoms with van der Waals surface area (Å²) in [6.45, 7) is 9.11. The van der Waals surface area contributed by atoms with E-state index in [1.54, 1.807) is 0 Å². The number of fused-ring (bicyclic) bond motifs is 1. The molecular weight excluding hydrogens is 138 g/mol. The van der Waals surface area contributed by atoms with Gasteiger partial charge in [-0.15, -0.1) is 0 Å². The first kappa shape index (κ1) is 7.56. The van der Waals surface area contributed by atoms with E-state index >= 15 is 0 Å². The minimum atomic E-state index is 0.723. The van der Waals surface area contributed by atoms with Crippen LogP contribution in [0.1, 0.15) is 13.8 Å². The third-order valence-electron chi connectivity index (χ3n) is 3.00. The molecule has 2 fully saturated rings. The highest BCUT2D eigenvalue weighted by atomic mass is 16.5. The highest BCUT2D eigenvalue weighted by molar-refractivity contribution is 4.88. The summed E-state index contributed by atoms with van der Waals surface area (Å²) in [5.74, 6) is 1.69. The van der Waals surface area contributed by atoms with Gasteiger partial charge in [0.1, 0.15) is 0 Å². The molecule has 11 heavy (non-hydrogen) atoms. The number of hydrogen-bond acceptors (Lipinski definition) is 2. The van der Waals surface area contributed by atoms with Crippen LogP contribution in [0.25, 0.3) is 0 Å². The smallest absolute Gasteiger partial charge is 0.0510 e. The van der Waals surface area contributed by atoms with E-state index < -0.39 is 0 Å². The first-order valence-corrected chi connectivity index (χ1v) is 4.59. The van der Waals surface area contributed by atoms with Crippen LogP contribution >= 0.6 is 0 Å². The van der Waals surface area contributed by atoms with Gasteiger partial charge < -0.3 is 9.64 Å². The van der Waals surface area contributed by atoms with Crippen LogP contribution in [0.2, 0.25) is 0 Å². The number of ether oxygens (including phenoxy) is 1. The van der Waals surface area contributed by atoms with E-state index in [1.165, 1.54) is 13.1 Å². The Bertz CT molecular complexity index is 134. The predicted octanol–water partition coefficient (Wildman–Crippen LogP) is 0.973. The third kappa shape index (κ3) is 1.30. The van der Waals surface area contributed by atoms with E-state index in [4.69, 9.17) is 4.74 Å². The molecule has 0 N–H and O–H groups in total. The fourth-order valence-electron chi connectivity index (χ4n) is 2.15. The Labute approximate surface area is 68.5 Å². The van der Waals surface area contributed by atoms with Gasteiger partial charge in [-0.1, -0.05) is 0 Å². The molecular formula is C9H17NO. The second kappa shape index (κ2) is 2.76. The zero-order valence-electron chi connectivity index (χ0n) is 7.42. The average molecular weight is 155 g/mol. The van der Waals surface area contributed by atoms with Crippen molar-refractivity contribution in [1.29, 1.82) is 0 Å². The van der Waals surface area contributed by atoms with Crippen molar-refractivity contribution in [3.05, 3.63) is 0 Å². The van der Waals surface area contributed by atoms with Gasteiger partial charge in [0.25, 0.3) is 0 Å². The Morgan fingerprint density at radius 1 is 1.18 bits per heavy atom. The fourth-order valence-corrected chi connectivity index (χ4v) is 2.15. The largest absolute Gasteiger partial charge is 0.381 e. The van der Waals surface area contributed by atoms with Crippen molar-refractivity contribution in [1.82, 2.24) is 4.90 Å². The van der Waals surface area contributed by atoms with Crippen molar-refractivity contribution >= 4 is 0 Å². The van der Waals surface area contributed by atoms with Gasteiger partial charge in [-0.05, 0) is 13.8 Å². The van der Waals surface area contributed by atoms with E-state index in [1.807, 2.05) is 0 Å². The minimum absolute atomic E-state index is 0.723. The van der Waals surface area contributed by atoms with Crippen molar-refractivity contribution in [2.45, 2.75) is 19.9 Å². The van der Waals surface area contributed by atoms with Crippen molar-refractivity contribution in [3.8, 4) is 0 Å². The Morgan fingerprint density at radius 2 is 1.73 bits per heavy atom. The first-order valence-electron chi connectivity index (χ1n) is 4.59. The lowest BCUT2D eigenvalue weighted by Crippen LogP contribution is -2.29. The maximum absolute atomic E-state index is 5.41. The van der Waals surface area contributed by atoms with E-state index in [0.29, 0.717) is 0 Å². The van der Waals surface area contributed by atoms with Gasteiger partial charge in [-0.3, -0.25) is 0 Å². The summed E-state index contributed by atoms with van der Waals surface area (Å²) in [6.07, 6.45) is 0. The number of likely N-dealkylation sites (tertiary alicyclic amines) is 1. The SMILES string of the molecule is CC(C)N1CC2COCC2C1. The quantitative estimate of drug-likeness (QED) is 0.559. The molecule has 2 atom stereocenters. The first-order chi connectivity index (χ1) is 5.27. The van der Waals surface area contributed by atoms with Gasteiger partial charge >= 0.3 is 0 Å². The standard InChI is InChI=1S/C9H17NO/c1-7(2)10-3-8-5-11-6-9(8)4-10/h7-9H,3-6H2,1-2H3. The molecule has 2 nitrogen and oxygen atoms in total. The Balaban J connectivity index is 1.94. The van der Waals surface area contributed by atoms with Crippen LogP contribution in [-0.2, 0) is 4.74 Å². The van der Waals surface area contributed by atoms with Crippen LogP contribution in [0, 0.1) is 11.8 Å². The summed E-state index contributed by atoms with van der Waals surface area (Å²) in [6, 6.07) is 0.723. The summed E-state index contributed by atoms with van der Waals surface area (Å²) in [4.78, 5) is 2.57. The lowest BCUT2D eigenvalue weighted by Gasteiger charge is -2.20. The normalized spacial score (nSPS) is 38.5. The molecule has 2 saturated heterocycles. The number of rotatable bonds is 1. The molecule has 2 heterocycles. The zero-order valence-corrected chi connectivity index (χ0v) is 7.42. The maximum atomic E-state index is 5.41. The summed E-state index contributed by atoms with van der Waals surface area (Å²) in [7, 11) is 0. The van der Waals surface area contributed by atoms with Gasteiger partial charge in [-0.2, -0.15) is 0 Å². The molecule has 64 valence electrons. The molecule has 0 radical (unpaired) electrons. The van der Waals surface area contributed by atoms with E-state index in [0.717, 1.165) is 31.1 Å². The van der Waals surface area contributed by atoms with Crippen LogP contribution in [0.3, 0.4) is 0 Å². The predicted molar refractivity (Wildman–Crippen MR) is 44.5 cm³/mol. The van der Waals surface area contributed by atoms with Crippen LogP contribution in [0.15, 0.2) is 0 Å². The molecule has 2 rings (SSSR count). The lowest BCUT2D eigenvalue weighted by molar-refractivity contribution is 0.145. The number of hydrogen-bond donors (Lipinski definition) is 0. The Hall–Kier alpha value is -0.0800. The summed E-state index contributed by atoms with van der Waals surface area (Å²) >= 11 is 0. The second-order valence-corrected chi connectivity index (χ2v) is 4.11. The maximum Gasteiger partial charge on any atom is 0.0510 e. The molecule has 0 aromatic rings. The van der Waals surface area contributed by atoms with Crippen molar-refractivity contribution in [2.75, 3.05) is 26.3 Å². The lowest BCUT2D eigenvalue weighted by atomic mass is 10.0. The van der Waals surface area contributed by atoms with Crippen LogP contribution in [-0.4, -0.2) is 37.2 Å². The van der Waals surface area contributed by atoms with Gasteiger partial charge in [0.2, 0.25) is 0 Å². The van der Waals surface area contributed by atoms with Gasteiger partial charge in [0.05, 0.1) is 13.2 Å². The van der Waals surface area contributed by atoms with Crippen molar-refractivity contribution in [3.63, 3.8) is 0 Å². The third-order valence-corrected chi connectivity index (χ3v) is 3.00. The summed E-state index contributed by atoms with van der Waals surface area (Å²) in [5.41, 5.74) is 0. The zero-order chi connectivity index (χ0) is 7.84. The average Bonchev–Trinajstić information content (AvgIpc) is 2.40. The van der Waals surface area contributed by atoms with Gasteiger partial charge in [-0.25, -0.2) is 0 Å². The molecule has 0 aromatic heterocycles. The molecule has 0 bridgehead atoms. The molecule has 0 aliphatic carbocycles. The van der Waals surface area contributed by atoms with Crippen molar-refractivity contribution in [2.24, 2.45) is 11.8 Å². The fraction of sp³-hybridized carbons (Fsp3) is 1.00. The summed E-state index contributed by atoms with van der Waals surface area (Å²) in [5, 5.41) is 0. The molecule has 2 heteroatoms. The molecule has 2 aliphatic rings. The topological polar surface area (TPSA) is 12.5 Å². The van der Waals surface area contributed by atoms with Gasteiger partial charge in [0, 0.05) is 31.0 Å². The molecule has 2 unspecified atom stereocenters. The number of nitrogens with zero attached hydrogens (tertiary/aromatic N) is 1. The summed E-state index contributed by atoms with van der Waals surface area (Å²) < 4.78 is 5.41. The van der Waals surface area contributed by atoms with Crippen molar-refractivity contribution < 1.29 is 4.74 Å². The monoisotopic (exact) mass is 155 g/mol. The molecule has 0 spiro atoms. The van der Waals surface area contributed by atoms with Gasteiger partial charge in [0.15, 0.2) is 0 Å². The Kier molecular flexibility index (Phi) is 1.90. The van der Waals surface area contributed by atoms with E-state index in [-0.39, 0.29) is 0 Å². The van der Waals surface area contributed by atoms with Crippen LogP contribution < -0.4 is 0 Å². The van der Waals surface area contributed by atoms with E-state index in [9.17, 15) is 0 Å². The molecule has 0 saturated carbocycles. The van der Waals surface area contributed by atoms with Crippen LogP contribution in [0.4, 0.5) is 0 Å². The second-order valence-electron chi connectivity index (χ2n) is 4.11. The van der Waals surface area contributed by atoms with Crippen LogP contribution in [0.5, 0.6) is 0 Å². The highest BCUT2D eigenvalue weighted by Gasteiger charge is 2.37. The highest BCUT2D eigenvalue weighted by Crippen LogP contribution is 2.29. The molecule has 2 aliphatic heterocycles. The molecule has 0 aromatic carbocycles. The Morgan fingerprint density at radius 3 is 2.18 bits per heavy atom.